The molecule has 0 aliphatic carbocycles. The molecule has 0 saturated heterocycles. The molecule has 0 atom stereocenters. The van der Waals surface area contributed by atoms with E-state index < -0.39 is 12.8 Å². The molecule has 6 heteroatoms. The first kappa shape index (κ1) is 10.3. The van der Waals surface area contributed by atoms with E-state index in [9.17, 15) is 13.2 Å². The van der Waals surface area contributed by atoms with Crippen LogP contribution in [0.4, 0.5) is 19.0 Å². The second-order valence-electron chi connectivity index (χ2n) is 2.34. The van der Waals surface area contributed by atoms with E-state index in [1.807, 2.05) is 0 Å². The van der Waals surface area contributed by atoms with Gasteiger partial charge in [0.05, 0.1) is 0 Å². The van der Waals surface area contributed by atoms with Gasteiger partial charge in [0.1, 0.15) is 11.9 Å². The number of hydrogen-bond acceptors (Lipinski definition) is 2. The molecule has 1 aromatic rings. The zero-order valence-electron chi connectivity index (χ0n) is 6.88. The highest BCUT2D eigenvalue weighted by Crippen LogP contribution is 2.25. The van der Waals surface area contributed by atoms with Gasteiger partial charge < -0.3 is 9.58 Å². The molecule has 0 amide bonds. The Morgan fingerprint density at radius 3 is 2.79 bits per heavy atom. The maximum Gasteiger partial charge on any atom is 0.422 e. The quantitative estimate of drug-likeness (QED) is 0.689. The summed E-state index contributed by atoms with van der Waals surface area (Å²) in [7, 11) is 0. The van der Waals surface area contributed by atoms with Gasteiger partial charge in [-0.15, -0.1) is 4.98 Å². The highest BCUT2D eigenvalue weighted by atomic mass is 19.4. The predicted molar refractivity (Wildman–Crippen MR) is 42.0 cm³/mol. The van der Waals surface area contributed by atoms with Crippen LogP contribution in [0.5, 0.6) is 5.75 Å². The summed E-state index contributed by atoms with van der Waals surface area (Å²) < 4.78 is 39.7. The standard InChI is InChI=1S/C8H5F3N2O/c1-12-7-6(3-2-4-13-7)14-5-8(9,10)11/h2-4H,5H2. The van der Waals surface area contributed by atoms with Gasteiger partial charge in [0.2, 0.25) is 0 Å². The summed E-state index contributed by atoms with van der Waals surface area (Å²) in [6, 6.07) is 2.67. The van der Waals surface area contributed by atoms with Crippen LogP contribution < -0.4 is 4.74 Å². The van der Waals surface area contributed by atoms with Crippen molar-refractivity contribution in [3.8, 4) is 5.75 Å². The maximum atomic E-state index is 11.8. The Labute approximate surface area is 78.0 Å². The summed E-state index contributed by atoms with van der Waals surface area (Å²) in [6.45, 7) is 5.20. The van der Waals surface area contributed by atoms with Crippen molar-refractivity contribution in [1.29, 1.82) is 0 Å². The van der Waals surface area contributed by atoms with E-state index in [4.69, 9.17) is 6.57 Å². The molecule has 0 aromatic carbocycles. The summed E-state index contributed by atoms with van der Waals surface area (Å²) in [4.78, 5) is 6.47. The van der Waals surface area contributed by atoms with E-state index in [1.165, 1.54) is 18.3 Å². The third-order valence-corrected chi connectivity index (χ3v) is 1.25. The van der Waals surface area contributed by atoms with E-state index in [1.54, 1.807) is 0 Å². The molecule has 0 bridgehead atoms. The number of nitrogens with zero attached hydrogens (tertiary/aromatic N) is 2. The maximum absolute atomic E-state index is 11.8. The third-order valence-electron chi connectivity index (χ3n) is 1.25. The molecular formula is C8H5F3N2O. The van der Waals surface area contributed by atoms with E-state index in [2.05, 4.69) is 14.6 Å². The lowest BCUT2D eigenvalue weighted by atomic mass is 10.4. The van der Waals surface area contributed by atoms with Crippen LogP contribution in [0.15, 0.2) is 18.3 Å². The largest absolute Gasteiger partial charge is 0.493 e. The average molecular weight is 202 g/mol. The lowest BCUT2D eigenvalue weighted by Gasteiger charge is -2.09. The third kappa shape index (κ3) is 2.94. The SMILES string of the molecule is [C-]#[N+]c1ncccc1OCC(F)(F)F. The van der Waals surface area contributed by atoms with Crippen molar-refractivity contribution >= 4 is 5.82 Å². The molecule has 0 unspecified atom stereocenters. The minimum Gasteiger partial charge on any atom is -0.493 e. The first-order chi connectivity index (χ1) is 6.53. The molecule has 0 N–H and O–H groups in total. The topological polar surface area (TPSA) is 26.5 Å². The van der Waals surface area contributed by atoms with Gasteiger partial charge in [0.25, 0.3) is 0 Å². The molecule has 0 aliphatic heterocycles. The van der Waals surface area contributed by atoms with Crippen LogP contribution in [0.25, 0.3) is 4.85 Å². The Kier molecular flexibility index (Phi) is 2.92. The van der Waals surface area contributed by atoms with Crippen molar-refractivity contribution in [1.82, 2.24) is 4.98 Å². The number of rotatable bonds is 2. The summed E-state index contributed by atoms with van der Waals surface area (Å²) in [5.41, 5.74) is 0. The van der Waals surface area contributed by atoms with E-state index in [0.717, 1.165) is 0 Å². The molecule has 1 rings (SSSR count). The Bertz CT molecular complexity index is 356. The Morgan fingerprint density at radius 1 is 1.50 bits per heavy atom. The van der Waals surface area contributed by atoms with Crippen LogP contribution in [0, 0.1) is 6.57 Å². The number of ether oxygens (including phenoxy) is 1. The summed E-state index contributed by atoms with van der Waals surface area (Å²) in [5.74, 6) is -0.323. The molecular weight excluding hydrogens is 197 g/mol. The van der Waals surface area contributed by atoms with Gasteiger partial charge in [0.15, 0.2) is 6.61 Å². The fourth-order valence-electron chi connectivity index (χ4n) is 0.738. The average Bonchev–Trinajstić information content (AvgIpc) is 2.14. The molecule has 74 valence electrons. The number of alkyl halides is 3. The number of aromatic nitrogens is 1. The number of halogens is 3. The Hall–Kier alpha value is -1.77. The fourth-order valence-corrected chi connectivity index (χ4v) is 0.738. The van der Waals surface area contributed by atoms with Crippen LogP contribution in [-0.2, 0) is 0 Å². The van der Waals surface area contributed by atoms with Gasteiger partial charge in [-0.25, -0.2) is 0 Å². The van der Waals surface area contributed by atoms with Gasteiger partial charge >= 0.3 is 12.0 Å². The lowest BCUT2D eigenvalue weighted by Crippen LogP contribution is -2.19. The molecule has 0 radical (unpaired) electrons. The van der Waals surface area contributed by atoms with Crippen LogP contribution in [0.1, 0.15) is 0 Å². The van der Waals surface area contributed by atoms with Crippen molar-refractivity contribution in [2.24, 2.45) is 0 Å². The Morgan fingerprint density at radius 2 is 2.21 bits per heavy atom. The molecule has 0 fully saturated rings. The smallest absolute Gasteiger partial charge is 0.422 e. The van der Waals surface area contributed by atoms with Crippen LogP contribution in [0.3, 0.4) is 0 Å². The lowest BCUT2D eigenvalue weighted by molar-refractivity contribution is -0.153. The van der Waals surface area contributed by atoms with Gasteiger partial charge in [-0.1, -0.05) is 6.57 Å². The highest BCUT2D eigenvalue weighted by molar-refractivity contribution is 5.50. The zero-order valence-corrected chi connectivity index (χ0v) is 6.88. The molecule has 3 nitrogen and oxygen atoms in total. The predicted octanol–water partition coefficient (Wildman–Crippen LogP) is 2.57. The van der Waals surface area contributed by atoms with Gasteiger partial charge in [-0.05, 0) is 12.1 Å². The van der Waals surface area contributed by atoms with Crippen molar-refractivity contribution in [2.45, 2.75) is 6.18 Å². The summed E-state index contributed by atoms with van der Waals surface area (Å²) in [6.07, 6.45) is -3.09. The molecule has 14 heavy (non-hydrogen) atoms. The molecule has 1 heterocycles. The summed E-state index contributed by atoms with van der Waals surface area (Å²) >= 11 is 0. The van der Waals surface area contributed by atoms with Crippen molar-refractivity contribution in [3.63, 3.8) is 0 Å². The monoisotopic (exact) mass is 202 g/mol. The van der Waals surface area contributed by atoms with Crippen molar-refractivity contribution < 1.29 is 17.9 Å². The zero-order chi connectivity index (χ0) is 10.6. The molecule has 0 saturated carbocycles. The van der Waals surface area contributed by atoms with E-state index in [0.29, 0.717) is 0 Å². The second kappa shape index (κ2) is 3.96. The minimum absolute atomic E-state index is 0.153. The van der Waals surface area contributed by atoms with Crippen LogP contribution in [-0.4, -0.2) is 17.8 Å². The summed E-state index contributed by atoms with van der Waals surface area (Å²) in [5, 5.41) is 0. The number of hydrogen-bond donors (Lipinski definition) is 0. The van der Waals surface area contributed by atoms with E-state index >= 15 is 0 Å². The van der Waals surface area contributed by atoms with Crippen molar-refractivity contribution in [3.05, 3.63) is 29.7 Å². The van der Waals surface area contributed by atoms with Crippen molar-refractivity contribution in [2.75, 3.05) is 6.61 Å². The first-order valence-corrected chi connectivity index (χ1v) is 3.55. The fraction of sp³-hybridized carbons (Fsp3) is 0.250. The Balaban J connectivity index is 2.73. The molecule has 1 aromatic heterocycles. The van der Waals surface area contributed by atoms with Gasteiger partial charge in [-0.3, -0.25) is 0 Å². The van der Waals surface area contributed by atoms with Crippen LogP contribution in [0.2, 0.25) is 0 Å². The normalized spacial score (nSPS) is 10.7. The second-order valence-corrected chi connectivity index (χ2v) is 2.34. The first-order valence-electron chi connectivity index (χ1n) is 3.55. The van der Waals surface area contributed by atoms with E-state index in [-0.39, 0.29) is 11.6 Å². The number of pyridine rings is 1. The highest BCUT2D eigenvalue weighted by Gasteiger charge is 2.28. The minimum atomic E-state index is -4.41. The van der Waals surface area contributed by atoms with Gasteiger partial charge in [0, 0.05) is 0 Å². The molecule has 0 spiro atoms. The van der Waals surface area contributed by atoms with Crippen LogP contribution >= 0.6 is 0 Å². The molecule has 0 aliphatic rings. The van der Waals surface area contributed by atoms with Gasteiger partial charge in [-0.2, -0.15) is 13.2 Å².